The Morgan fingerprint density at radius 3 is 2.58 bits per heavy atom. The van der Waals surface area contributed by atoms with E-state index in [0.717, 1.165) is 37.1 Å². The SMILES string of the molecule is CCCC1(Nc2ncc(N)c(N(N)c3ccc(OC)cc3)n2)CC1. The summed E-state index contributed by atoms with van der Waals surface area (Å²) in [7, 11) is 1.62. The first kappa shape index (κ1) is 16.3. The van der Waals surface area contributed by atoms with Gasteiger partial charge >= 0.3 is 0 Å². The fourth-order valence-corrected chi connectivity index (χ4v) is 2.80. The molecule has 1 aromatic carbocycles. The highest BCUT2D eigenvalue weighted by molar-refractivity contribution is 5.70. The van der Waals surface area contributed by atoms with Crippen molar-refractivity contribution in [3.8, 4) is 5.75 Å². The number of methoxy groups -OCH3 is 1. The molecule has 2 aromatic rings. The number of nitrogen functional groups attached to an aromatic ring is 1. The predicted octanol–water partition coefficient (Wildman–Crippen LogP) is 2.82. The first-order valence-electron chi connectivity index (χ1n) is 8.16. The van der Waals surface area contributed by atoms with Crippen LogP contribution in [0.1, 0.15) is 32.6 Å². The monoisotopic (exact) mass is 328 g/mol. The largest absolute Gasteiger partial charge is 0.497 e. The lowest BCUT2D eigenvalue weighted by Crippen LogP contribution is -2.28. The van der Waals surface area contributed by atoms with Crippen LogP contribution in [0.2, 0.25) is 0 Å². The second-order valence-electron chi connectivity index (χ2n) is 6.20. The molecule has 1 aliphatic rings. The van der Waals surface area contributed by atoms with E-state index in [0.29, 0.717) is 17.5 Å². The zero-order chi connectivity index (χ0) is 17.2. The van der Waals surface area contributed by atoms with Crippen molar-refractivity contribution < 1.29 is 4.74 Å². The lowest BCUT2D eigenvalue weighted by Gasteiger charge is -2.21. The molecule has 5 N–H and O–H groups in total. The summed E-state index contributed by atoms with van der Waals surface area (Å²) in [6.45, 7) is 2.18. The van der Waals surface area contributed by atoms with E-state index in [4.69, 9.17) is 16.3 Å². The van der Waals surface area contributed by atoms with Crippen LogP contribution < -0.4 is 26.6 Å². The molecular weight excluding hydrogens is 304 g/mol. The van der Waals surface area contributed by atoms with Gasteiger partial charge in [0.1, 0.15) is 5.75 Å². The maximum Gasteiger partial charge on any atom is 0.225 e. The maximum atomic E-state index is 6.21. The van der Waals surface area contributed by atoms with E-state index >= 15 is 0 Å². The third-order valence-electron chi connectivity index (χ3n) is 4.33. The number of anilines is 4. The van der Waals surface area contributed by atoms with E-state index in [-0.39, 0.29) is 5.54 Å². The smallest absolute Gasteiger partial charge is 0.225 e. The Labute approximate surface area is 142 Å². The zero-order valence-corrected chi connectivity index (χ0v) is 14.1. The molecular formula is C17H24N6O. The molecule has 24 heavy (non-hydrogen) atoms. The zero-order valence-electron chi connectivity index (χ0n) is 14.1. The van der Waals surface area contributed by atoms with Crippen molar-refractivity contribution in [2.75, 3.05) is 23.2 Å². The minimum Gasteiger partial charge on any atom is -0.497 e. The Hall–Kier alpha value is -2.54. The van der Waals surface area contributed by atoms with Crippen molar-refractivity contribution in [3.63, 3.8) is 0 Å². The normalized spacial score (nSPS) is 15.0. The quantitative estimate of drug-likeness (QED) is 0.530. The molecule has 1 heterocycles. The number of nitrogens with one attached hydrogen (secondary N) is 1. The molecule has 0 radical (unpaired) electrons. The number of ether oxygens (including phenoxy) is 1. The minimum absolute atomic E-state index is 0.141. The molecule has 1 aliphatic carbocycles. The van der Waals surface area contributed by atoms with E-state index in [1.54, 1.807) is 13.3 Å². The van der Waals surface area contributed by atoms with Crippen LogP contribution in [0, 0.1) is 0 Å². The van der Waals surface area contributed by atoms with Crippen molar-refractivity contribution in [2.45, 2.75) is 38.1 Å². The standard InChI is InChI=1S/C17H24N6O/c1-3-8-17(9-10-17)22-16-20-11-14(18)15(21-16)23(19)12-4-6-13(24-2)7-5-12/h4-7,11H,3,8-10,18-19H2,1-2H3,(H,20,21,22). The molecule has 0 unspecified atom stereocenters. The first-order chi connectivity index (χ1) is 11.6. The van der Waals surface area contributed by atoms with Crippen molar-refractivity contribution in [2.24, 2.45) is 5.84 Å². The van der Waals surface area contributed by atoms with Crippen molar-refractivity contribution in [1.29, 1.82) is 0 Å². The van der Waals surface area contributed by atoms with E-state index in [1.807, 2.05) is 24.3 Å². The molecule has 1 saturated carbocycles. The highest BCUT2D eigenvalue weighted by Crippen LogP contribution is 2.42. The number of hydrogen-bond donors (Lipinski definition) is 3. The molecule has 0 aliphatic heterocycles. The molecule has 7 heteroatoms. The van der Waals surface area contributed by atoms with Crippen molar-refractivity contribution >= 4 is 23.1 Å². The van der Waals surface area contributed by atoms with Gasteiger partial charge in [0.2, 0.25) is 5.95 Å². The van der Waals surface area contributed by atoms with E-state index < -0.39 is 0 Å². The summed E-state index contributed by atoms with van der Waals surface area (Å²) in [5, 5.41) is 4.90. The Morgan fingerprint density at radius 2 is 2.00 bits per heavy atom. The third-order valence-corrected chi connectivity index (χ3v) is 4.33. The number of hydrogen-bond acceptors (Lipinski definition) is 7. The van der Waals surface area contributed by atoms with Crippen LogP contribution in [0.3, 0.4) is 0 Å². The van der Waals surface area contributed by atoms with Gasteiger partial charge < -0.3 is 15.8 Å². The lowest BCUT2D eigenvalue weighted by molar-refractivity contribution is 0.415. The Kier molecular flexibility index (Phi) is 4.44. The molecule has 3 rings (SSSR count). The molecule has 0 spiro atoms. The van der Waals surface area contributed by atoms with Crippen LogP contribution in [-0.2, 0) is 0 Å². The van der Waals surface area contributed by atoms with E-state index in [1.165, 1.54) is 5.01 Å². The summed E-state index contributed by atoms with van der Waals surface area (Å²) in [6, 6.07) is 7.39. The summed E-state index contributed by atoms with van der Waals surface area (Å²) >= 11 is 0. The van der Waals surface area contributed by atoms with Crippen LogP contribution in [0.15, 0.2) is 30.5 Å². The number of hydrazine groups is 1. The molecule has 0 bridgehead atoms. The third kappa shape index (κ3) is 3.35. The van der Waals surface area contributed by atoms with Gasteiger partial charge in [-0.3, -0.25) is 5.01 Å². The summed E-state index contributed by atoms with van der Waals surface area (Å²) in [5.41, 5.74) is 7.36. The van der Waals surface area contributed by atoms with Crippen LogP contribution in [0.5, 0.6) is 5.75 Å². The molecule has 0 amide bonds. The molecule has 0 saturated heterocycles. The molecule has 7 nitrogen and oxygen atoms in total. The van der Waals surface area contributed by atoms with Gasteiger partial charge in [0.15, 0.2) is 5.82 Å². The summed E-state index contributed by atoms with van der Waals surface area (Å²) in [6.07, 6.45) is 6.13. The molecule has 0 atom stereocenters. The van der Waals surface area contributed by atoms with Gasteiger partial charge in [-0.15, -0.1) is 0 Å². The summed E-state index contributed by atoms with van der Waals surface area (Å²) < 4.78 is 5.16. The number of nitrogens with two attached hydrogens (primary N) is 2. The molecule has 1 aromatic heterocycles. The van der Waals surface area contributed by atoms with Crippen molar-refractivity contribution in [1.82, 2.24) is 9.97 Å². The van der Waals surface area contributed by atoms with Crippen LogP contribution in [0.4, 0.5) is 23.1 Å². The fraction of sp³-hybridized carbons (Fsp3) is 0.412. The highest BCUT2D eigenvalue weighted by Gasteiger charge is 2.42. The maximum absolute atomic E-state index is 6.21. The van der Waals surface area contributed by atoms with E-state index in [9.17, 15) is 0 Å². The van der Waals surface area contributed by atoms with Gasteiger partial charge in [-0.2, -0.15) is 4.98 Å². The number of nitrogens with zero attached hydrogens (tertiary/aromatic N) is 3. The predicted molar refractivity (Wildman–Crippen MR) is 96.3 cm³/mol. The van der Waals surface area contributed by atoms with Gasteiger partial charge in [-0.25, -0.2) is 10.8 Å². The Balaban J connectivity index is 1.82. The second-order valence-corrected chi connectivity index (χ2v) is 6.20. The highest BCUT2D eigenvalue weighted by atomic mass is 16.5. The Bertz CT molecular complexity index is 699. The van der Waals surface area contributed by atoms with Gasteiger partial charge in [-0.1, -0.05) is 13.3 Å². The van der Waals surface area contributed by atoms with Crippen molar-refractivity contribution in [3.05, 3.63) is 30.5 Å². The average molecular weight is 328 g/mol. The summed E-state index contributed by atoms with van der Waals surface area (Å²) in [5.74, 6) is 8.02. The minimum atomic E-state index is 0.141. The second kappa shape index (κ2) is 6.52. The lowest BCUT2D eigenvalue weighted by atomic mass is 10.1. The van der Waals surface area contributed by atoms with Gasteiger partial charge in [0, 0.05) is 5.54 Å². The molecule has 128 valence electrons. The van der Waals surface area contributed by atoms with Crippen LogP contribution in [-0.4, -0.2) is 22.6 Å². The Morgan fingerprint density at radius 1 is 1.29 bits per heavy atom. The molecule has 1 fully saturated rings. The van der Waals surface area contributed by atoms with Gasteiger partial charge in [0.05, 0.1) is 24.7 Å². The van der Waals surface area contributed by atoms with E-state index in [2.05, 4.69) is 22.2 Å². The number of rotatable bonds is 7. The van der Waals surface area contributed by atoms with Crippen LogP contribution >= 0.6 is 0 Å². The number of benzene rings is 1. The first-order valence-corrected chi connectivity index (χ1v) is 8.16. The van der Waals surface area contributed by atoms with Gasteiger partial charge in [-0.05, 0) is 43.5 Å². The van der Waals surface area contributed by atoms with Gasteiger partial charge in [0.25, 0.3) is 0 Å². The summed E-state index contributed by atoms with van der Waals surface area (Å²) in [4.78, 5) is 8.82. The number of aromatic nitrogens is 2. The van der Waals surface area contributed by atoms with Crippen LogP contribution in [0.25, 0.3) is 0 Å². The average Bonchev–Trinajstić information content (AvgIpc) is 3.35. The topological polar surface area (TPSA) is 102 Å². The fourth-order valence-electron chi connectivity index (χ4n) is 2.80.